The van der Waals surface area contributed by atoms with E-state index in [2.05, 4.69) is 27.8 Å². The molecular formula is C22H25N3O3S. The van der Waals surface area contributed by atoms with Gasteiger partial charge in [-0.1, -0.05) is 30.3 Å². The number of nitrogens with one attached hydrogen (secondary N) is 2. The van der Waals surface area contributed by atoms with Gasteiger partial charge in [-0.25, -0.2) is 4.98 Å². The molecule has 0 aliphatic heterocycles. The number of aromatic nitrogens is 1. The molecule has 6 nitrogen and oxygen atoms in total. The zero-order valence-electron chi connectivity index (χ0n) is 16.6. The number of rotatable bonds is 10. The van der Waals surface area contributed by atoms with Gasteiger partial charge in [-0.3, -0.25) is 4.79 Å². The van der Waals surface area contributed by atoms with Gasteiger partial charge in [-0.05, 0) is 30.5 Å². The lowest BCUT2D eigenvalue weighted by atomic mass is 10.1. The fourth-order valence-corrected chi connectivity index (χ4v) is 3.59. The summed E-state index contributed by atoms with van der Waals surface area (Å²) in [5.41, 5.74) is 2.78. The third kappa shape index (κ3) is 6.22. The minimum atomic E-state index is -0.0196. The van der Waals surface area contributed by atoms with Crippen molar-refractivity contribution in [3.8, 4) is 11.5 Å². The number of hydrogen-bond donors (Lipinski definition) is 2. The van der Waals surface area contributed by atoms with Gasteiger partial charge >= 0.3 is 0 Å². The second kappa shape index (κ2) is 10.5. The van der Waals surface area contributed by atoms with E-state index in [0.717, 1.165) is 30.0 Å². The molecule has 3 aromatic rings. The second-order valence-corrected chi connectivity index (χ2v) is 7.31. The van der Waals surface area contributed by atoms with Crippen LogP contribution in [0.1, 0.15) is 17.7 Å². The van der Waals surface area contributed by atoms with Gasteiger partial charge in [0.1, 0.15) is 11.5 Å². The van der Waals surface area contributed by atoms with E-state index in [1.54, 1.807) is 14.2 Å². The van der Waals surface area contributed by atoms with Crippen LogP contribution >= 0.6 is 11.3 Å². The summed E-state index contributed by atoms with van der Waals surface area (Å²) >= 11 is 1.45. The van der Waals surface area contributed by atoms with Gasteiger partial charge in [0.2, 0.25) is 5.91 Å². The van der Waals surface area contributed by atoms with Gasteiger partial charge in [-0.15, -0.1) is 11.3 Å². The van der Waals surface area contributed by atoms with Crippen molar-refractivity contribution in [3.63, 3.8) is 0 Å². The van der Waals surface area contributed by atoms with Crippen LogP contribution in [-0.2, 0) is 17.6 Å². The number of hydrogen-bond acceptors (Lipinski definition) is 6. The molecule has 152 valence electrons. The van der Waals surface area contributed by atoms with Crippen LogP contribution in [0.5, 0.6) is 11.5 Å². The van der Waals surface area contributed by atoms with Crippen LogP contribution in [0.3, 0.4) is 0 Å². The van der Waals surface area contributed by atoms with E-state index in [4.69, 9.17) is 9.47 Å². The molecule has 1 aromatic heterocycles. The van der Waals surface area contributed by atoms with E-state index in [-0.39, 0.29) is 12.3 Å². The Morgan fingerprint density at radius 3 is 2.69 bits per heavy atom. The predicted octanol–water partition coefficient (Wildman–Crippen LogP) is 4.20. The molecule has 0 bridgehead atoms. The lowest BCUT2D eigenvalue weighted by molar-refractivity contribution is -0.120. The molecule has 7 heteroatoms. The van der Waals surface area contributed by atoms with Crippen molar-refractivity contribution < 1.29 is 14.3 Å². The van der Waals surface area contributed by atoms with Crippen molar-refractivity contribution in [2.75, 3.05) is 26.1 Å². The number of aryl methyl sites for hydroxylation is 1. The van der Waals surface area contributed by atoms with Gasteiger partial charge in [0.25, 0.3) is 0 Å². The Labute approximate surface area is 174 Å². The number of ether oxygens (including phenoxy) is 2. The van der Waals surface area contributed by atoms with Gasteiger partial charge < -0.3 is 20.1 Å². The van der Waals surface area contributed by atoms with Crippen molar-refractivity contribution in [2.24, 2.45) is 0 Å². The molecule has 1 heterocycles. The third-order valence-corrected chi connectivity index (χ3v) is 5.16. The Bertz CT molecular complexity index is 928. The van der Waals surface area contributed by atoms with E-state index < -0.39 is 0 Å². The normalized spacial score (nSPS) is 10.4. The minimum Gasteiger partial charge on any atom is -0.497 e. The molecule has 0 atom stereocenters. The van der Waals surface area contributed by atoms with Crippen LogP contribution in [0.25, 0.3) is 0 Å². The van der Waals surface area contributed by atoms with Crippen LogP contribution in [0, 0.1) is 0 Å². The summed E-state index contributed by atoms with van der Waals surface area (Å²) in [6, 6.07) is 15.8. The quantitative estimate of drug-likeness (QED) is 0.489. The third-order valence-electron chi connectivity index (χ3n) is 4.35. The first-order valence-corrected chi connectivity index (χ1v) is 10.3. The number of thiazole rings is 1. The van der Waals surface area contributed by atoms with E-state index >= 15 is 0 Å². The molecule has 0 spiro atoms. The number of methoxy groups -OCH3 is 2. The number of carbonyl (C=O) groups excluding carboxylic acids is 1. The summed E-state index contributed by atoms with van der Waals surface area (Å²) in [6.07, 6.45) is 2.13. The van der Waals surface area contributed by atoms with Crippen LogP contribution < -0.4 is 20.1 Å². The summed E-state index contributed by atoms with van der Waals surface area (Å²) in [6.45, 7) is 0.657. The Kier molecular flexibility index (Phi) is 7.47. The SMILES string of the molecule is COc1ccc(OC)c(Nc2nc(CC(=O)NCCCc3ccccc3)cs2)c1. The van der Waals surface area contributed by atoms with E-state index in [0.29, 0.717) is 17.4 Å². The average molecular weight is 412 g/mol. The number of amides is 1. The highest BCUT2D eigenvalue weighted by Crippen LogP contribution is 2.32. The van der Waals surface area contributed by atoms with Gasteiger partial charge in [0.05, 0.1) is 32.0 Å². The number of anilines is 2. The average Bonchev–Trinajstić information content (AvgIpc) is 3.18. The van der Waals surface area contributed by atoms with Crippen molar-refractivity contribution in [1.82, 2.24) is 10.3 Å². The molecule has 0 radical (unpaired) electrons. The van der Waals surface area contributed by atoms with Crippen molar-refractivity contribution in [3.05, 3.63) is 65.2 Å². The Morgan fingerprint density at radius 1 is 1.10 bits per heavy atom. The maximum atomic E-state index is 12.2. The monoisotopic (exact) mass is 411 g/mol. The summed E-state index contributed by atoms with van der Waals surface area (Å²) in [5.74, 6) is 1.40. The Hall–Kier alpha value is -3.06. The largest absolute Gasteiger partial charge is 0.497 e. The Morgan fingerprint density at radius 2 is 1.93 bits per heavy atom. The van der Waals surface area contributed by atoms with E-state index in [9.17, 15) is 4.79 Å². The molecule has 0 aliphatic carbocycles. The molecular weight excluding hydrogens is 386 g/mol. The molecule has 2 aromatic carbocycles. The smallest absolute Gasteiger partial charge is 0.226 e. The minimum absolute atomic E-state index is 0.0196. The van der Waals surface area contributed by atoms with Gasteiger partial charge in [0, 0.05) is 18.0 Å². The highest BCUT2D eigenvalue weighted by atomic mass is 32.1. The summed E-state index contributed by atoms with van der Waals surface area (Å²) in [5, 5.41) is 8.78. The predicted molar refractivity (Wildman–Crippen MR) is 116 cm³/mol. The number of nitrogens with zero attached hydrogens (tertiary/aromatic N) is 1. The highest BCUT2D eigenvalue weighted by molar-refractivity contribution is 7.13. The summed E-state index contributed by atoms with van der Waals surface area (Å²) in [7, 11) is 3.23. The maximum Gasteiger partial charge on any atom is 0.226 e. The molecule has 29 heavy (non-hydrogen) atoms. The molecule has 0 unspecified atom stereocenters. The molecule has 0 saturated heterocycles. The second-order valence-electron chi connectivity index (χ2n) is 6.45. The number of benzene rings is 2. The van der Waals surface area contributed by atoms with Crippen LogP contribution in [0.2, 0.25) is 0 Å². The molecule has 0 aliphatic rings. The molecule has 0 fully saturated rings. The van der Waals surface area contributed by atoms with Crippen LogP contribution in [0.15, 0.2) is 53.9 Å². The van der Waals surface area contributed by atoms with Gasteiger partial charge in [0.15, 0.2) is 5.13 Å². The number of carbonyl (C=O) groups is 1. The lowest BCUT2D eigenvalue weighted by Crippen LogP contribution is -2.26. The fraction of sp³-hybridized carbons (Fsp3) is 0.273. The van der Waals surface area contributed by atoms with E-state index in [1.807, 2.05) is 41.8 Å². The molecule has 2 N–H and O–H groups in total. The maximum absolute atomic E-state index is 12.2. The molecule has 0 saturated carbocycles. The van der Waals surface area contributed by atoms with Crippen LogP contribution in [0.4, 0.5) is 10.8 Å². The zero-order valence-corrected chi connectivity index (χ0v) is 17.4. The zero-order chi connectivity index (χ0) is 20.5. The van der Waals surface area contributed by atoms with Crippen LogP contribution in [-0.4, -0.2) is 31.7 Å². The fourth-order valence-electron chi connectivity index (χ4n) is 2.86. The van der Waals surface area contributed by atoms with Crippen molar-refractivity contribution in [1.29, 1.82) is 0 Å². The lowest BCUT2D eigenvalue weighted by Gasteiger charge is -2.10. The van der Waals surface area contributed by atoms with Gasteiger partial charge in [-0.2, -0.15) is 0 Å². The molecule has 1 amide bonds. The summed E-state index contributed by atoms with van der Waals surface area (Å²) in [4.78, 5) is 16.7. The first kappa shape index (κ1) is 20.7. The topological polar surface area (TPSA) is 72.5 Å². The highest BCUT2D eigenvalue weighted by Gasteiger charge is 2.10. The standard InChI is InChI=1S/C22H25N3O3S/c1-27-18-10-11-20(28-2)19(14-18)25-22-24-17(15-29-22)13-21(26)23-12-6-9-16-7-4-3-5-8-16/h3-5,7-8,10-11,14-15H,6,9,12-13H2,1-2H3,(H,23,26)(H,24,25). The first-order chi connectivity index (χ1) is 14.2. The first-order valence-electron chi connectivity index (χ1n) is 9.42. The van der Waals surface area contributed by atoms with Crippen molar-refractivity contribution in [2.45, 2.75) is 19.3 Å². The van der Waals surface area contributed by atoms with E-state index in [1.165, 1.54) is 16.9 Å². The Balaban J connectivity index is 1.48. The molecule has 3 rings (SSSR count). The summed E-state index contributed by atoms with van der Waals surface area (Å²) < 4.78 is 10.6. The van der Waals surface area contributed by atoms with Crippen molar-refractivity contribution >= 4 is 28.1 Å².